The normalized spacial score (nSPS) is 16.2. The van der Waals surface area contributed by atoms with Crippen molar-refractivity contribution < 1.29 is 4.79 Å². The van der Waals surface area contributed by atoms with Crippen LogP contribution in [0.2, 0.25) is 0 Å². The molecule has 1 aliphatic rings. The third-order valence-electron chi connectivity index (χ3n) is 7.40. The van der Waals surface area contributed by atoms with Gasteiger partial charge in [0.15, 0.2) is 0 Å². The van der Waals surface area contributed by atoms with E-state index < -0.39 is 0 Å². The molecule has 1 heterocycles. The smallest absolute Gasteiger partial charge is 0.221 e. The van der Waals surface area contributed by atoms with Crippen molar-refractivity contribution in [3.63, 3.8) is 0 Å². The molecule has 2 N–H and O–H groups in total. The molecular weight excluding hydrogens is 440 g/mol. The minimum Gasteiger partial charge on any atom is -0.352 e. The highest BCUT2D eigenvalue weighted by Crippen LogP contribution is 2.34. The summed E-state index contributed by atoms with van der Waals surface area (Å²) in [7, 11) is 0. The molecule has 2 unspecified atom stereocenters. The van der Waals surface area contributed by atoms with Crippen LogP contribution in [0.4, 0.5) is 0 Å². The Morgan fingerprint density at radius 1 is 0.694 bits per heavy atom. The van der Waals surface area contributed by atoms with E-state index in [2.05, 4.69) is 120 Å². The van der Waals surface area contributed by atoms with Crippen molar-refractivity contribution in [1.82, 2.24) is 10.6 Å². The van der Waals surface area contributed by atoms with Gasteiger partial charge in [-0.1, -0.05) is 121 Å². The highest BCUT2D eigenvalue weighted by atomic mass is 16.1. The number of carbonyl (C=O) groups is 1. The van der Waals surface area contributed by atoms with Gasteiger partial charge in [-0.3, -0.25) is 4.79 Å². The summed E-state index contributed by atoms with van der Waals surface area (Å²) in [5.41, 5.74) is 4.81. The fourth-order valence-corrected chi connectivity index (χ4v) is 5.61. The first-order valence-corrected chi connectivity index (χ1v) is 13.0. The number of rotatable bonds is 9. The lowest BCUT2D eigenvalue weighted by atomic mass is 9.78. The van der Waals surface area contributed by atoms with Gasteiger partial charge in [-0.05, 0) is 47.7 Å². The summed E-state index contributed by atoms with van der Waals surface area (Å²) < 4.78 is 0. The third-order valence-corrected chi connectivity index (χ3v) is 7.40. The zero-order valence-corrected chi connectivity index (χ0v) is 20.6. The summed E-state index contributed by atoms with van der Waals surface area (Å²) in [6.45, 7) is 1.91. The Labute approximate surface area is 214 Å². The van der Waals surface area contributed by atoms with Crippen LogP contribution < -0.4 is 10.6 Å². The van der Waals surface area contributed by atoms with Crippen LogP contribution >= 0.6 is 0 Å². The largest absolute Gasteiger partial charge is 0.352 e. The second kappa shape index (κ2) is 11.8. The summed E-state index contributed by atoms with van der Waals surface area (Å²) in [4.78, 5) is 13.8. The SMILES string of the molecule is O=C(CC(c1ccccc1)c1ccccc1)NC(C1CCNC1)C(c1ccccc1)c1ccccc1. The molecule has 0 spiro atoms. The van der Waals surface area contributed by atoms with Crippen LogP contribution in [-0.2, 0) is 4.79 Å². The number of carbonyl (C=O) groups excluding carboxylic acids is 1. The number of benzene rings is 4. The highest BCUT2D eigenvalue weighted by molar-refractivity contribution is 5.78. The van der Waals surface area contributed by atoms with Crippen LogP contribution in [0.5, 0.6) is 0 Å². The molecule has 4 aromatic carbocycles. The zero-order chi connectivity index (χ0) is 24.6. The monoisotopic (exact) mass is 474 g/mol. The zero-order valence-electron chi connectivity index (χ0n) is 20.6. The van der Waals surface area contributed by atoms with E-state index >= 15 is 0 Å². The van der Waals surface area contributed by atoms with Gasteiger partial charge in [0.05, 0.1) is 0 Å². The maximum Gasteiger partial charge on any atom is 0.221 e. The highest BCUT2D eigenvalue weighted by Gasteiger charge is 2.35. The van der Waals surface area contributed by atoms with Gasteiger partial charge in [-0.2, -0.15) is 0 Å². The number of hydrogen-bond donors (Lipinski definition) is 2. The fraction of sp³-hybridized carbons (Fsp3) is 0.242. The molecular formula is C33H34N2O. The van der Waals surface area contributed by atoms with Crippen LogP contribution in [0.25, 0.3) is 0 Å². The molecule has 1 fully saturated rings. The second-order valence-corrected chi connectivity index (χ2v) is 9.72. The molecule has 1 saturated heterocycles. The first kappa shape index (κ1) is 24.0. The van der Waals surface area contributed by atoms with E-state index in [1.54, 1.807) is 0 Å². The molecule has 0 aromatic heterocycles. The van der Waals surface area contributed by atoms with E-state index in [1.807, 2.05) is 12.1 Å². The van der Waals surface area contributed by atoms with Gasteiger partial charge in [0.25, 0.3) is 0 Å². The van der Waals surface area contributed by atoms with E-state index in [0.29, 0.717) is 12.3 Å². The topological polar surface area (TPSA) is 41.1 Å². The standard InChI is InChI=1S/C33H34N2O/c36-31(23-30(25-13-5-1-6-14-25)26-15-7-2-8-16-26)35-33(29-21-22-34-24-29)32(27-17-9-3-10-18-27)28-19-11-4-12-20-28/h1-20,29-30,32-34H,21-24H2,(H,35,36). The van der Waals surface area contributed by atoms with Gasteiger partial charge in [-0.15, -0.1) is 0 Å². The molecule has 1 amide bonds. The first-order chi connectivity index (χ1) is 17.8. The molecule has 4 aromatic rings. The van der Waals surface area contributed by atoms with Crippen molar-refractivity contribution in [1.29, 1.82) is 0 Å². The van der Waals surface area contributed by atoms with E-state index in [1.165, 1.54) is 22.3 Å². The average Bonchev–Trinajstić information content (AvgIpc) is 3.49. The predicted molar refractivity (Wildman–Crippen MR) is 147 cm³/mol. The maximum atomic E-state index is 13.8. The van der Waals surface area contributed by atoms with Gasteiger partial charge < -0.3 is 10.6 Å². The van der Waals surface area contributed by atoms with Crippen LogP contribution in [0, 0.1) is 5.92 Å². The molecule has 5 rings (SSSR count). The van der Waals surface area contributed by atoms with Crippen LogP contribution in [0.15, 0.2) is 121 Å². The molecule has 0 radical (unpaired) electrons. The molecule has 0 aliphatic carbocycles. The fourth-order valence-electron chi connectivity index (χ4n) is 5.61. The lowest BCUT2D eigenvalue weighted by Crippen LogP contribution is -2.46. The summed E-state index contributed by atoms with van der Waals surface area (Å²) in [6, 6.07) is 42.0. The minimum absolute atomic E-state index is 0.00416. The van der Waals surface area contributed by atoms with Crippen molar-refractivity contribution in [2.24, 2.45) is 5.92 Å². The first-order valence-electron chi connectivity index (χ1n) is 13.0. The van der Waals surface area contributed by atoms with Crippen LogP contribution in [0.1, 0.15) is 46.9 Å². The molecule has 1 aliphatic heterocycles. The summed E-state index contributed by atoms with van der Waals surface area (Å²) in [6.07, 6.45) is 1.48. The molecule has 2 atom stereocenters. The maximum absolute atomic E-state index is 13.8. The summed E-state index contributed by atoms with van der Waals surface area (Å²) in [5, 5.41) is 7.07. The molecule has 3 nitrogen and oxygen atoms in total. The van der Waals surface area contributed by atoms with Gasteiger partial charge in [-0.25, -0.2) is 0 Å². The summed E-state index contributed by atoms with van der Waals surface area (Å²) >= 11 is 0. The van der Waals surface area contributed by atoms with Gasteiger partial charge in [0.1, 0.15) is 0 Å². The summed E-state index contributed by atoms with van der Waals surface area (Å²) in [5.74, 6) is 0.572. The molecule has 36 heavy (non-hydrogen) atoms. The molecule has 0 saturated carbocycles. The van der Waals surface area contributed by atoms with Gasteiger partial charge >= 0.3 is 0 Å². The third kappa shape index (κ3) is 5.75. The lowest BCUT2D eigenvalue weighted by Gasteiger charge is -2.34. The Morgan fingerprint density at radius 3 is 1.56 bits per heavy atom. The van der Waals surface area contributed by atoms with Gasteiger partial charge in [0, 0.05) is 24.3 Å². The van der Waals surface area contributed by atoms with E-state index in [-0.39, 0.29) is 23.8 Å². The second-order valence-electron chi connectivity index (χ2n) is 9.72. The van der Waals surface area contributed by atoms with Crippen molar-refractivity contribution in [2.75, 3.05) is 13.1 Å². The number of hydrogen-bond acceptors (Lipinski definition) is 2. The average molecular weight is 475 g/mol. The lowest BCUT2D eigenvalue weighted by molar-refractivity contribution is -0.122. The van der Waals surface area contributed by atoms with E-state index in [4.69, 9.17) is 0 Å². The van der Waals surface area contributed by atoms with Crippen molar-refractivity contribution in [3.05, 3.63) is 144 Å². The Bertz CT molecular complexity index is 1130. The number of nitrogens with one attached hydrogen (secondary N) is 2. The quantitative estimate of drug-likeness (QED) is 0.306. The molecule has 0 bridgehead atoms. The number of amides is 1. The molecule has 182 valence electrons. The predicted octanol–water partition coefficient (Wildman–Crippen LogP) is 6.14. The van der Waals surface area contributed by atoms with Crippen molar-refractivity contribution >= 4 is 5.91 Å². The van der Waals surface area contributed by atoms with E-state index in [9.17, 15) is 4.79 Å². The van der Waals surface area contributed by atoms with Crippen LogP contribution in [0.3, 0.4) is 0 Å². The van der Waals surface area contributed by atoms with Crippen LogP contribution in [-0.4, -0.2) is 25.0 Å². The Kier molecular flexibility index (Phi) is 7.89. The van der Waals surface area contributed by atoms with E-state index in [0.717, 1.165) is 19.5 Å². The Morgan fingerprint density at radius 2 is 1.14 bits per heavy atom. The Hall–Kier alpha value is -3.69. The van der Waals surface area contributed by atoms with Crippen molar-refractivity contribution in [2.45, 2.75) is 30.7 Å². The Balaban J connectivity index is 1.46. The van der Waals surface area contributed by atoms with Gasteiger partial charge in [0.2, 0.25) is 5.91 Å². The minimum atomic E-state index is 0.00416. The van der Waals surface area contributed by atoms with Crippen molar-refractivity contribution in [3.8, 4) is 0 Å². The molecule has 3 heteroatoms.